The Morgan fingerprint density at radius 1 is 1.09 bits per heavy atom. The lowest BCUT2D eigenvalue weighted by atomic mass is 10.0. The predicted octanol–water partition coefficient (Wildman–Crippen LogP) is 2.64. The van der Waals surface area contributed by atoms with Gasteiger partial charge in [-0.25, -0.2) is 0 Å². The zero-order valence-electron chi connectivity index (χ0n) is 11.7. The molecular weight excluding hydrogens is 304 g/mol. The largest absolute Gasteiger partial charge is 0.481 e. The van der Waals surface area contributed by atoms with E-state index in [2.05, 4.69) is 5.32 Å². The van der Waals surface area contributed by atoms with Crippen molar-refractivity contribution < 1.29 is 14.7 Å². The molecule has 2 aromatic carbocycles. The number of carboxylic acids is 1. The van der Waals surface area contributed by atoms with E-state index in [-0.39, 0.29) is 24.7 Å². The molecule has 2 aromatic rings. The fraction of sp³-hybridized carbons (Fsp3) is 0.125. The highest BCUT2D eigenvalue weighted by molar-refractivity contribution is 5.95. The van der Waals surface area contributed by atoms with Gasteiger partial charge >= 0.3 is 5.97 Å². The van der Waals surface area contributed by atoms with Gasteiger partial charge in [-0.05, 0) is 23.8 Å². The number of anilines is 1. The summed E-state index contributed by atoms with van der Waals surface area (Å²) in [5.41, 5.74) is 7.28. The molecule has 4 N–H and O–H groups in total. The number of carbonyl (C=O) groups excluding carboxylic acids is 1. The number of amides is 1. The van der Waals surface area contributed by atoms with Gasteiger partial charge in [0.15, 0.2) is 0 Å². The van der Waals surface area contributed by atoms with Crippen molar-refractivity contribution in [3.63, 3.8) is 0 Å². The lowest BCUT2D eigenvalue weighted by molar-refractivity contribution is -0.137. The Morgan fingerprint density at radius 3 is 2.36 bits per heavy atom. The summed E-state index contributed by atoms with van der Waals surface area (Å²) in [6.45, 7) is 0. The molecule has 0 fully saturated rings. The maximum absolute atomic E-state index is 12.2. The Kier molecular flexibility index (Phi) is 6.41. The summed E-state index contributed by atoms with van der Waals surface area (Å²) in [4.78, 5) is 23.2. The minimum absolute atomic E-state index is 0. The fourth-order valence-corrected chi connectivity index (χ4v) is 2.03. The maximum Gasteiger partial charge on any atom is 0.305 e. The first-order chi connectivity index (χ1) is 10.1. The van der Waals surface area contributed by atoms with E-state index in [4.69, 9.17) is 10.8 Å². The highest BCUT2D eigenvalue weighted by Crippen LogP contribution is 2.18. The van der Waals surface area contributed by atoms with Crippen LogP contribution in [0.25, 0.3) is 0 Å². The fourth-order valence-electron chi connectivity index (χ4n) is 2.03. The average molecular weight is 321 g/mol. The van der Waals surface area contributed by atoms with Crippen molar-refractivity contribution in [1.29, 1.82) is 0 Å². The van der Waals surface area contributed by atoms with Gasteiger partial charge in [0.25, 0.3) is 5.91 Å². The van der Waals surface area contributed by atoms with Crippen LogP contribution < -0.4 is 11.1 Å². The van der Waals surface area contributed by atoms with E-state index in [1.807, 2.05) is 6.07 Å². The van der Waals surface area contributed by atoms with Crippen LogP contribution in [0.15, 0.2) is 54.6 Å². The zero-order chi connectivity index (χ0) is 15.2. The van der Waals surface area contributed by atoms with Gasteiger partial charge in [0, 0.05) is 11.3 Å². The molecule has 0 radical (unpaired) electrons. The summed E-state index contributed by atoms with van der Waals surface area (Å²) in [5.74, 6) is -1.32. The van der Waals surface area contributed by atoms with E-state index >= 15 is 0 Å². The first-order valence-electron chi connectivity index (χ1n) is 6.49. The summed E-state index contributed by atoms with van der Waals surface area (Å²) in [5, 5.41) is 11.7. The molecule has 0 aliphatic heterocycles. The Hall–Kier alpha value is -2.53. The average Bonchev–Trinajstić information content (AvgIpc) is 2.47. The van der Waals surface area contributed by atoms with Gasteiger partial charge in [0.2, 0.25) is 0 Å². The van der Waals surface area contributed by atoms with E-state index in [0.29, 0.717) is 11.3 Å². The predicted molar refractivity (Wildman–Crippen MR) is 87.0 cm³/mol. The maximum atomic E-state index is 12.2. The van der Waals surface area contributed by atoms with Crippen LogP contribution in [0.4, 0.5) is 5.69 Å². The van der Waals surface area contributed by atoms with Crippen LogP contribution >= 0.6 is 12.4 Å². The van der Waals surface area contributed by atoms with Crippen molar-refractivity contribution in [1.82, 2.24) is 5.32 Å². The number of rotatable bonds is 5. The number of halogens is 1. The van der Waals surface area contributed by atoms with Crippen LogP contribution in [0, 0.1) is 0 Å². The second-order valence-corrected chi connectivity index (χ2v) is 4.66. The van der Waals surface area contributed by atoms with Crippen LogP contribution in [0.5, 0.6) is 0 Å². The molecular formula is C16H17ClN2O3. The molecule has 0 saturated carbocycles. The number of nitrogens with two attached hydrogens (primary N) is 1. The number of nitrogen functional groups attached to an aromatic ring is 1. The second kappa shape index (κ2) is 8.05. The Bertz CT molecular complexity index is 647. The minimum atomic E-state index is -0.975. The van der Waals surface area contributed by atoms with E-state index in [1.54, 1.807) is 48.5 Å². The SMILES string of the molecule is Cl.Nc1cccc(C(=O)N[C@@H](CC(=O)O)c2ccccc2)c1. The van der Waals surface area contributed by atoms with Crippen molar-refractivity contribution in [3.8, 4) is 0 Å². The molecule has 0 aliphatic carbocycles. The summed E-state index contributed by atoms with van der Waals surface area (Å²) >= 11 is 0. The van der Waals surface area contributed by atoms with Crippen molar-refractivity contribution in [3.05, 3.63) is 65.7 Å². The Labute approximate surface area is 134 Å². The Morgan fingerprint density at radius 2 is 1.77 bits per heavy atom. The van der Waals surface area contributed by atoms with E-state index in [1.165, 1.54) is 0 Å². The number of benzene rings is 2. The quantitative estimate of drug-likeness (QED) is 0.738. The molecule has 0 aliphatic rings. The number of aliphatic carboxylic acids is 1. The number of carboxylic acid groups (broad SMARTS) is 1. The summed E-state index contributed by atoms with van der Waals surface area (Å²) < 4.78 is 0. The summed E-state index contributed by atoms with van der Waals surface area (Å²) in [6.07, 6.45) is -0.182. The molecule has 0 bridgehead atoms. The van der Waals surface area contributed by atoms with Gasteiger partial charge in [0.05, 0.1) is 12.5 Å². The van der Waals surface area contributed by atoms with Crippen LogP contribution in [0.2, 0.25) is 0 Å². The van der Waals surface area contributed by atoms with Crippen LogP contribution in [-0.4, -0.2) is 17.0 Å². The monoisotopic (exact) mass is 320 g/mol. The molecule has 5 nitrogen and oxygen atoms in total. The smallest absolute Gasteiger partial charge is 0.305 e. The van der Waals surface area contributed by atoms with Crippen molar-refractivity contribution >= 4 is 30.0 Å². The molecule has 22 heavy (non-hydrogen) atoms. The molecule has 0 saturated heterocycles. The molecule has 1 atom stereocenters. The highest BCUT2D eigenvalue weighted by atomic mass is 35.5. The number of carbonyl (C=O) groups is 2. The molecule has 0 unspecified atom stereocenters. The standard InChI is InChI=1S/C16H16N2O3.ClH/c17-13-8-4-7-12(9-13)16(21)18-14(10-15(19)20)11-5-2-1-3-6-11;/h1-9,14H,10,17H2,(H,18,21)(H,19,20);1H/t14-;/m0./s1. The lowest BCUT2D eigenvalue weighted by Gasteiger charge is -2.17. The van der Waals surface area contributed by atoms with E-state index in [0.717, 1.165) is 5.56 Å². The van der Waals surface area contributed by atoms with E-state index in [9.17, 15) is 9.59 Å². The normalized spacial score (nSPS) is 11.1. The van der Waals surface area contributed by atoms with Gasteiger partial charge < -0.3 is 16.2 Å². The first-order valence-corrected chi connectivity index (χ1v) is 6.49. The van der Waals surface area contributed by atoms with Crippen LogP contribution in [0.1, 0.15) is 28.4 Å². The molecule has 116 valence electrons. The van der Waals surface area contributed by atoms with Gasteiger partial charge in [-0.2, -0.15) is 0 Å². The van der Waals surface area contributed by atoms with Gasteiger partial charge in [0.1, 0.15) is 0 Å². The van der Waals surface area contributed by atoms with Gasteiger partial charge in [-0.3, -0.25) is 9.59 Å². The Balaban J connectivity index is 0.00000242. The van der Waals surface area contributed by atoms with Crippen molar-refractivity contribution in [2.75, 3.05) is 5.73 Å². The van der Waals surface area contributed by atoms with Crippen LogP contribution in [0.3, 0.4) is 0 Å². The molecule has 0 heterocycles. The zero-order valence-corrected chi connectivity index (χ0v) is 12.5. The molecule has 0 spiro atoms. The highest BCUT2D eigenvalue weighted by Gasteiger charge is 2.18. The number of nitrogens with one attached hydrogen (secondary N) is 1. The minimum Gasteiger partial charge on any atom is -0.481 e. The van der Waals surface area contributed by atoms with Crippen molar-refractivity contribution in [2.24, 2.45) is 0 Å². The number of hydrogen-bond donors (Lipinski definition) is 3. The van der Waals surface area contributed by atoms with Gasteiger partial charge in [-0.15, -0.1) is 12.4 Å². The molecule has 0 aromatic heterocycles. The van der Waals surface area contributed by atoms with Crippen LogP contribution in [-0.2, 0) is 4.79 Å². The molecule has 1 amide bonds. The summed E-state index contributed by atoms with van der Waals surface area (Å²) in [7, 11) is 0. The second-order valence-electron chi connectivity index (χ2n) is 4.66. The third-order valence-electron chi connectivity index (χ3n) is 3.03. The topological polar surface area (TPSA) is 92.4 Å². The van der Waals surface area contributed by atoms with Crippen molar-refractivity contribution in [2.45, 2.75) is 12.5 Å². The van der Waals surface area contributed by atoms with E-state index < -0.39 is 12.0 Å². The summed E-state index contributed by atoms with van der Waals surface area (Å²) in [6, 6.07) is 15.0. The van der Waals surface area contributed by atoms with Gasteiger partial charge in [-0.1, -0.05) is 36.4 Å². The first kappa shape index (κ1) is 17.5. The lowest BCUT2D eigenvalue weighted by Crippen LogP contribution is -2.30. The molecule has 6 heteroatoms. The third kappa shape index (κ3) is 4.79. The molecule has 2 rings (SSSR count). The third-order valence-corrected chi connectivity index (χ3v) is 3.03. The number of hydrogen-bond acceptors (Lipinski definition) is 3.